The van der Waals surface area contributed by atoms with Crippen molar-refractivity contribution in [2.24, 2.45) is 11.8 Å². The van der Waals surface area contributed by atoms with E-state index >= 15 is 0 Å². The Labute approximate surface area is 348 Å². The number of aliphatic hydroxyl groups is 1. The number of methoxy groups -OCH3 is 2. The van der Waals surface area contributed by atoms with Gasteiger partial charge in [0.25, 0.3) is 0 Å². The number of benzene rings is 2. The fourth-order valence-electron chi connectivity index (χ4n) is 8.97. The number of esters is 1. The molecule has 0 saturated carbocycles. The second-order valence-electron chi connectivity index (χ2n) is 16.8. The summed E-state index contributed by atoms with van der Waals surface area (Å²) in [6, 6.07) is 18.4. The molecule has 2 saturated heterocycles. The smallest absolute Gasteiger partial charge is 0.302 e. The van der Waals surface area contributed by atoms with Gasteiger partial charge in [-0.1, -0.05) is 65.8 Å². The number of ether oxygens (including phenoxy) is 7. The first-order chi connectivity index (χ1) is 27.6. The molecule has 2 aliphatic rings. The minimum Gasteiger partial charge on any atom is -0.497 e. The second-order valence-corrected chi connectivity index (χ2v) is 21.5. The van der Waals surface area contributed by atoms with E-state index in [1.807, 2.05) is 62.4 Å². The standard InChI is InChI=1S/C46H72O11Si/c1-11-43(53-30-36-17-21-38(51-10)22-18-36)33(6)44(49)32(5)42(48)26-41-27-45(8,57-58(12-2,13-3)14-4)31-46(56-41)28-40(54-34(7)47)25-39(55-46)23-24-52-29-35-15-19-37(50-9)20-16-35/h15-22,32-33,39-41,43-44,49H,11-14,23-31H2,1-10H3/t32-,33-,39+,40+,41+,43+,44+,45+,46-/m1/s1. The lowest BCUT2D eigenvalue weighted by Crippen LogP contribution is -2.61. The van der Waals surface area contributed by atoms with Crippen LogP contribution in [0.1, 0.15) is 111 Å². The van der Waals surface area contributed by atoms with Crippen molar-refractivity contribution in [3.8, 4) is 11.5 Å². The van der Waals surface area contributed by atoms with Crippen LogP contribution in [-0.4, -0.2) is 87.9 Å². The number of rotatable bonds is 23. The van der Waals surface area contributed by atoms with Crippen LogP contribution in [0.25, 0.3) is 0 Å². The van der Waals surface area contributed by atoms with Gasteiger partial charge in [0, 0.05) is 57.5 Å². The van der Waals surface area contributed by atoms with Crippen molar-refractivity contribution < 1.29 is 52.3 Å². The van der Waals surface area contributed by atoms with E-state index in [9.17, 15) is 14.7 Å². The fraction of sp³-hybridized carbons (Fsp3) is 0.696. The molecular formula is C46H72O11Si. The number of hydrogen-bond acceptors (Lipinski definition) is 11. The van der Waals surface area contributed by atoms with Gasteiger partial charge in [-0.2, -0.15) is 0 Å². The topological polar surface area (TPSA) is 128 Å². The summed E-state index contributed by atoms with van der Waals surface area (Å²) in [4.78, 5) is 26.5. The maximum absolute atomic E-state index is 14.2. The Bertz CT molecular complexity index is 1540. The molecule has 1 N–H and O–H groups in total. The van der Waals surface area contributed by atoms with Crippen molar-refractivity contribution in [2.75, 3.05) is 20.8 Å². The maximum Gasteiger partial charge on any atom is 0.302 e. The summed E-state index contributed by atoms with van der Waals surface area (Å²) >= 11 is 0. The summed E-state index contributed by atoms with van der Waals surface area (Å²) in [5, 5.41) is 11.6. The third kappa shape index (κ3) is 13.3. The molecule has 326 valence electrons. The van der Waals surface area contributed by atoms with E-state index in [-0.39, 0.29) is 36.3 Å². The van der Waals surface area contributed by atoms with Crippen molar-refractivity contribution >= 4 is 20.1 Å². The SMILES string of the molecule is CC[C@H](OCc1ccc(OC)cc1)[C@@H](C)[C@@H](O)[C@H](C)C(=O)C[C@H]1C[C@](C)(O[Si](CC)(CC)CC)C[C@@]2(C[C@@H](OC(C)=O)C[C@H](CCOCc3ccc(OC)cc3)O2)O1. The van der Waals surface area contributed by atoms with Crippen molar-refractivity contribution in [2.45, 2.75) is 174 Å². The van der Waals surface area contributed by atoms with Gasteiger partial charge < -0.3 is 42.7 Å². The molecule has 0 aliphatic carbocycles. The highest BCUT2D eigenvalue weighted by Crippen LogP contribution is 2.48. The Hall–Kier alpha value is -2.84. The molecule has 58 heavy (non-hydrogen) atoms. The zero-order valence-corrected chi connectivity index (χ0v) is 37.9. The number of aliphatic hydroxyl groups excluding tert-OH is 1. The molecule has 9 atom stereocenters. The van der Waals surface area contributed by atoms with Gasteiger partial charge >= 0.3 is 5.97 Å². The van der Waals surface area contributed by atoms with Gasteiger partial charge in [-0.25, -0.2) is 0 Å². The minimum absolute atomic E-state index is 0.0884. The molecule has 0 radical (unpaired) electrons. The first-order valence-corrected chi connectivity index (χ1v) is 24.1. The fourth-order valence-corrected chi connectivity index (χ4v) is 12.1. The molecule has 0 bridgehead atoms. The average Bonchev–Trinajstić information content (AvgIpc) is 3.20. The largest absolute Gasteiger partial charge is 0.497 e. The highest BCUT2D eigenvalue weighted by Gasteiger charge is 2.55. The number of carbonyl (C=O) groups excluding carboxylic acids is 2. The summed E-state index contributed by atoms with van der Waals surface area (Å²) in [5.74, 6) is -0.980. The Morgan fingerprint density at radius 3 is 1.97 bits per heavy atom. The monoisotopic (exact) mass is 828 g/mol. The van der Waals surface area contributed by atoms with Gasteiger partial charge in [-0.05, 0) is 73.3 Å². The lowest BCUT2D eigenvalue weighted by atomic mass is 9.79. The van der Waals surface area contributed by atoms with Gasteiger partial charge in [-0.15, -0.1) is 0 Å². The number of Topliss-reactive ketones (excluding diaryl/α,β-unsaturated/α-hetero) is 1. The summed E-state index contributed by atoms with van der Waals surface area (Å²) < 4.78 is 50.0. The molecular weight excluding hydrogens is 757 g/mol. The highest BCUT2D eigenvalue weighted by molar-refractivity contribution is 6.73. The van der Waals surface area contributed by atoms with Crippen LogP contribution in [0.3, 0.4) is 0 Å². The molecule has 2 aliphatic heterocycles. The Morgan fingerprint density at radius 1 is 0.862 bits per heavy atom. The van der Waals surface area contributed by atoms with Gasteiger partial charge in [0.05, 0.1) is 57.5 Å². The Balaban J connectivity index is 1.51. The molecule has 0 unspecified atom stereocenters. The van der Waals surface area contributed by atoms with Gasteiger partial charge in [-0.3, -0.25) is 9.59 Å². The van der Waals surface area contributed by atoms with Crippen molar-refractivity contribution in [3.63, 3.8) is 0 Å². The van der Waals surface area contributed by atoms with Crippen LogP contribution in [0.5, 0.6) is 11.5 Å². The molecule has 4 rings (SSSR count). The molecule has 1 spiro atoms. The average molecular weight is 829 g/mol. The third-order valence-electron chi connectivity index (χ3n) is 12.5. The predicted molar refractivity (Wildman–Crippen MR) is 226 cm³/mol. The van der Waals surface area contributed by atoms with E-state index in [1.54, 1.807) is 21.1 Å². The summed E-state index contributed by atoms with van der Waals surface area (Å²) in [6.45, 7) is 17.2. The molecule has 2 fully saturated rings. The van der Waals surface area contributed by atoms with Crippen LogP contribution >= 0.6 is 0 Å². The van der Waals surface area contributed by atoms with E-state index in [0.29, 0.717) is 58.3 Å². The Morgan fingerprint density at radius 2 is 1.43 bits per heavy atom. The van der Waals surface area contributed by atoms with Crippen molar-refractivity contribution in [3.05, 3.63) is 59.7 Å². The van der Waals surface area contributed by atoms with Crippen LogP contribution in [0.15, 0.2) is 48.5 Å². The summed E-state index contributed by atoms with van der Waals surface area (Å²) in [7, 11) is 1.15. The van der Waals surface area contributed by atoms with Gasteiger partial charge in [0.1, 0.15) is 23.4 Å². The summed E-state index contributed by atoms with van der Waals surface area (Å²) in [5.41, 5.74) is 1.39. The molecule has 2 aromatic carbocycles. The number of carbonyl (C=O) groups is 2. The number of ketones is 1. The van der Waals surface area contributed by atoms with E-state index in [2.05, 4.69) is 27.7 Å². The molecule has 11 nitrogen and oxygen atoms in total. The van der Waals surface area contributed by atoms with Gasteiger partial charge in [0.2, 0.25) is 0 Å². The van der Waals surface area contributed by atoms with Crippen molar-refractivity contribution in [1.82, 2.24) is 0 Å². The normalized spacial score (nSPS) is 25.7. The van der Waals surface area contributed by atoms with Crippen LogP contribution in [-0.2, 0) is 50.9 Å². The number of hydrogen-bond donors (Lipinski definition) is 1. The summed E-state index contributed by atoms with van der Waals surface area (Å²) in [6.07, 6.45) is 0.671. The lowest BCUT2D eigenvalue weighted by molar-refractivity contribution is -0.348. The predicted octanol–water partition coefficient (Wildman–Crippen LogP) is 8.96. The van der Waals surface area contributed by atoms with Crippen LogP contribution in [0, 0.1) is 11.8 Å². The van der Waals surface area contributed by atoms with E-state index in [4.69, 9.17) is 37.6 Å². The second kappa shape index (κ2) is 22.1. The highest BCUT2D eigenvalue weighted by atomic mass is 28.4. The van der Waals surface area contributed by atoms with Crippen LogP contribution in [0.4, 0.5) is 0 Å². The minimum atomic E-state index is -2.13. The van der Waals surface area contributed by atoms with E-state index in [1.165, 1.54) is 6.92 Å². The molecule has 2 heterocycles. The quantitative estimate of drug-likeness (QED) is 0.0655. The molecule has 0 aromatic heterocycles. The zero-order valence-electron chi connectivity index (χ0n) is 36.9. The molecule has 12 heteroatoms. The molecule has 0 amide bonds. The zero-order chi connectivity index (χ0) is 42.5. The van der Waals surface area contributed by atoms with Crippen molar-refractivity contribution in [1.29, 1.82) is 0 Å². The Kier molecular flexibility index (Phi) is 18.2. The third-order valence-corrected chi connectivity index (χ3v) is 17.3. The van der Waals surface area contributed by atoms with Gasteiger partial charge in [0.15, 0.2) is 14.1 Å². The van der Waals surface area contributed by atoms with E-state index in [0.717, 1.165) is 40.8 Å². The van der Waals surface area contributed by atoms with Crippen LogP contribution in [0.2, 0.25) is 18.1 Å². The first-order valence-electron chi connectivity index (χ1n) is 21.5. The molecule has 2 aromatic rings. The van der Waals surface area contributed by atoms with Crippen LogP contribution < -0.4 is 9.47 Å². The first kappa shape index (κ1) is 47.8. The maximum atomic E-state index is 14.2. The lowest BCUT2D eigenvalue weighted by Gasteiger charge is -2.55. The van der Waals surface area contributed by atoms with E-state index < -0.39 is 43.9 Å².